The predicted octanol–water partition coefficient (Wildman–Crippen LogP) is 3.01. The molecule has 2 rings (SSSR count). The smallest absolute Gasteiger partial charge is 0.213 e. The van der Waals surface area contributed by atoms with Crippen molar-refractivity contribution in [2.45, 2.75) is 13.3 Å². The minimum atomic E-state index is 0.0779. The lowest BCUT2D eigenvalue weighted by molar-refractivity contribution is -0.107. The fourth-order valence-corrected chi connectivity index (χ4v) is 1.94. The van der Waals surface area contributed by atoms with E-state index in [1.807, 2.05) is 31.2 Å². The molecule has 1 amide bonds. The lowest BCUT2D eigenvalue weighted by Gasteiger charge is -2.10. The highest BCUT2D eigenvalue weighted by atomic mass is 16.1. The summed E-state index contributed by atoms with van der Waals surface area (Å²) in [5, 5.41) is 0. The summed E-state index contributed by atoms with van der Waals surface area (Å²) in [6.07, 6.45) is 1.13. The average molecular weight is 267 g/mol. The highest BCUT2D eigenvalue weighted by Gasteiger charge is 2.08. The van der Waals surface area contributed by atoms with E-state index in [9.17, 15) is 9.59 Å². The van der Waals surface area contributed by atoms with Crippen molar-refractivity contribution in [3.8, 4) is 0 Å². The van der Waals surface area contributed by atoms with Gasteiger partial charge in [-0.3, -0.25) is 9.59 Å². The van der Waals surface area contributed by atoms with E-state index in [2.05, 4.69) is 0 Å². The van der Waals surface area contributed by atoms with Gasteiger partial charge in [0.1, 0.15) is 0 Å². The molecular weight excluding hydrogens is 250 g/mol. The van der Waals surface area contributed by atoms with Crippen LogP contribution in [-0.2, 0) is 11.2 Å². The SMILES string of the molecule is Cc1ccc(CC(=O)c2ccc(N(C)C=O)cc2)cc1. The zero-order valence-corrected chi connectivity index (χ0v) is 11.7. The van der Waals surface area contributed by atoms with Crippen LogP contribution in [0.3, 0.4) is 0 Å². The number of amides is 1. The van der Waals surface area contributed by atoms with Crippen molar-refractivity contribution in [3.63, 3.8) is 0 Å². The second-order valence-corrected chi connectivity index (χ2v) is 4.85. The molecule has 0 saturated carbocycles. The summed E-state index contributed by atoms with van der Waals surface area (Å²) < 4.78 is 0. The number of hydrogen-bond acceptors (Lipinski definition) is 2. The summed E-state index contributed by atoms with van der Waals surface area (Å²) in [5.74, 6) is 0.0779. The molecule has 0 heterocycles. The molecule has 0 aliphatic heterocycles. The van der Waals surface area contributed by atoms with Gasteiger partial charge >= 0.3 is 0 Å². The van der Waals surface area contributed by atoms with Crippen LogP contribution in [0.15, 0.2) is 48.5 Å². The van der Waals surface area contributed by atoms with E-state index in [0.717, 1.165) is 17.7 Å². The van der Waals surface area contributed by atoms with Gasteiger partial charge in [-0.2, -0.15) is 0 Å². The molecular formula is C17H17NO2. The Morgan fingerprint density at radius 3 is 2.20 bits per heavy atom. The van der Waals surface area contributed by atoms with Crippen molar-refractivity contribution >= 4 is 17.9 Å². The van der Waals surface area contributed by atoms with Crippen LogP contribution in [0.1, 0.15) is 21.5 Å². The zero-order valence-electron chi connectivity index (χ0n) is 11.7. The summed E-state index contributed by atoms with van der Waals surface area (Å²) in [4.78, 5) is 24.3. The second-order valence-electron chi connectivity index (χ2n) is 4.85. The largest absolute Gasteiger partial charge is 0.318 e. The summed E-state index contributed by atoms with van der Waals surface area (Å²) in [7, 11) is 1.68. The Hall–Kier alpha value is -2.42. The van der Waals surface area contributed by atoms with Gasteiger partial charge in [-0.25, -0.2) is 0 Å². The molecule has 2 aromatic rings. The van der Waals surface area contributed by atoms with E-state index >= 15 is 0 Å². The van der Waals surface area contributed by atoms with Crippen LogP contribution >= 0.6 is 0 Å². The predicted molar refractivity (Wildman–Crippen MR) is 80.1 cm³/mol. The fourth-order valence-electron chi connectivity index (χ4n) is 1.94. The number of nitrogens with zero attached hydrogens (tertiary/aromatic N) is 1. The van der Waals surface area contributed by atoms with Gasteiger partial charge in [-0.05, 0) is 36.8 Å². The van der Waals surface area contributed by atoms with Crippen LogP contribution in [0.5, 0.6) is 0 Å². The summed E-state index contributed by atoms with van der Waals surface area (Å²) in [6, 6.07) is 15.0. The number of benzene rings is 2. The highest BCUT2D eigenvalue weighted by molar-refractivity contribution is 5.98. The average Bonchev–Trinajstić information content (AvgIpc) is 2.49. The third-order valence-corrected chi connectivity index (χ3v) is 3.24. The number of aryl methyl sites for hydroxylation is 1. The minimum Gasteiger partial charge on any atom is -0.318 e. The van der Waals surface area contributed by atoms with Crippen molar-refractivity contribution < 1.29 is 9.59 Å². The third kappa shape index (κ3) is 3.32. The normalized spacial score (nSPS) is 10.1. The van der Waals surface area contributed by atoms with Crippen molar-refractivity contribution in [1.82, 2.24) is 0 Å². The Balaban J connectivity index is 2.09. The number of hydrogen-bond donors (Lipinski definition) is 0. The van der Waals surface area contributed by atoms with Crippen molar-refractivity contribution in [2.24, 2.45) is 0 Å². The van der Waals surface area contributed by atoms with Crippen LogP contribution in [0.4, 0.5) is 5.69 Å². The number of rotatable bonds is 5. The molecule has 2 aromatic carbocycles. The topological polar surface area (TPSA) is 37.4 Å². The van der Waals surface area contributed by atoms with E-state index in [1.54, 1.807) is 31.3 Å². The van der Waals surface area contributed by atoms with Gasteiger partial charge in [0, 0.05) is 24.7 Å². The van der Waals surface area contributed by atoms with Crippen LogP contribution in [0, 0.1) is 6.92 Å². The molecule has 0 unspecified atom stereocenters. The molecule has 0 aliphatic carbocycles. The van der Waals surface area contributed by atoms with E-state index < -0.39 is 0 Å². The Bertz CT molecular complexity index is 600. The minimum absolute atomic E-state index is 0.0779. The summed E-state index contributed by atoms with van der Waals surface area (Å²) in [5.41, 5.74) is 3.62. The molecule has 0 bridgehead atoms. The van der Waals surface area contributed by atoms with E-state index in [4.69, 9.17) is 0 Å². The van der Waals surface area contributed by atoms with Crippen molar-refractivity contribution in [1.29, 1.82) is 0 Å². The Morgan fingerprint density at radius 1 is 1.05 bits per heavy atom. The van der Waals surface area contributed by atoms with Gasteiger partial charge in [0.2, 0.25) is 6.41 Å². The first-order valence-electron chi connectivity index (χ1n) is 6.47. The first kappa shape index (κ1) is 14.0. The lowest BCUT2D eigenvalue weighted by atomic mass is 10.0. The standard InChI is InChI=1S/C17H17NO2/c1-13-3-5-14(6-4-13)11-17(20)15-7-9-16(10-8-15)18(2)12-19/h3-10,12H,11H2,1-2H3. The van der Waals surface area contributed by atoms with Crippen molar-refractivity contribution in [3.05, 3.63) is 65.2 Å². The summed E-state index contributed by atoms with van der Waals surface area (Å²) >= 11 is 0. The van der Waals surface area contributed by atoms with E-state index in [1.165, 1.54) is 10.5 Å². The maximum absolute atomic E-state index is 12.2. The first-order valence-corrected chi connectivity index (χ1v) is 6.47. The third-order valence-electron chi connectivity index (χ3n) is 3.24. The molecule has 0 saturated heterocycles. The molecule has 0 radical (unpaired) electrons. The van der Waals surface area contributed by atoms with Gasteiger partial charge in [-0.15, -0.1) is 0 Å². The zero-order chi connectivity index (χ0) is 14.5. The number of carbonyl (C=O) groups is 2. The van der Waals surface area contributed by atoms with Crippen LogP contribution < -0.4 is 4.90 Å². The lowest BCUT2D eigenvalue weighted by Crippen LogP contribution is -2.13. The van der Waals surface area contributed by atoms with Gasteiger partial charge in [0.25, 0.3) is 0 Å². The number of ketones is 1. The van der Waals surface area contributed by atoms with E-state index in [-0.39, 0.29) is 5.78 Å². The molecule has 0 aromatic heterocycles. The molecule has 3 heteroatoms. The van der Waals surface area contributed by atoms with Gasteiger partial charge < -0.3 is 4.90 Å². The quantitative estimate of drug-likeness (QED) is 0.617. The monoisotopic (exact) mass is 267 g/mol. The highest BCUT2D eigenvalue weighted by Crippen LogP contribution is 2.14. The Kier molecular flexibility index (Phi) is 4.31. The maximum atomic E-state index is 12.2. The molecule has 0 N–H and O–H groups in total. The van der Waals surface area contributed by atoms with E-state index in [0.29, 0.717) is 12.0 Å². The van der Waals surface area contributed by atoms with Crippen LogP contribution in [-0.4, -0.2) is 19.2 Å². The van der Waals surface area contributed by atoms with Gasteiger partial charge in [0.15, 0.2) is 5.78 Å². The van der Waals surface area contributed by atoms with Crippen LogP contribution in [0.2, 0.25) is 0 Å². The molecule has 102 valence electrons. The Labute approximate surface area is 118 Å². The molecule has 0 atom stereocenters. The van der Waals surface area contributed by atoms with Crippen molar-refractivity contribution in [2.75, 3.05) is 11.9 Å². The fraction of sp³-hybridized carbons (Fsp3) is 0.176. The second kappa shape index (κ2) is 6.15. The number of anilines is 1. The number of carbonyl (C=O) groups excluding carboxylic acids is 2. The summed E-state index contributed by atoms with van der Waals surface area (Å²) in [6.45, 7) is 2.02. The molecule has 0 spiro atoms. The Morgan fingerprint density at radius 2 is 1.65 bits per heavy atom. The first-order chi connectivity index (χ1) is 9.60. The molecule has 3 nitrogen and oxygen atoms in total. The molecule has 0 aliphatic rings. The number of Topliss-reactive ketones (excluding diaryl/α,β-unsaturated/α-hetero) is 1. The molecule has 20 heavy (non-hydrogen) atoms. The maximum Gasteiger partial charge on any atom is 0.213 e. The van der Waals surface area contributed by atoms with Gasteiger partial charge in [-0.1, -0.05) is 29.8 Å². The van der Waals surface area contributed by atoms with Gasteiger partial charge in [0.05, 0.1) is 0 Å². The molecule has 0 fully saturated rings. The van der Waals surface area contributed by atoms with Crippen LogP contribution in [0.25, 0.3) is 0 Å².